The van der Waals surface area contributed by atoms with Crippen LogP contribution >= 0.6 is 11.3 Å². The maximum Gasteiger partial charge on any atom is 0.573 e. The van der Waals surface area contributed by atoms with Crippen LogP contribution in [0.5, 0.6) is 5.75 Å². The van der Waals surface area contributed by atoms with Gasteiger partial charge in [-0.2, -0.15) is 0 Å². The van der Waals surface area contributed by atoms with Crippen LogP contribution in [0.4, 0.5) is 18.9 Å². The summed E-state index contributed by atoms with van der Waals surface area (Å²) in [5, 5.41) is 2.55. The van der Waals surface area contributed by atoms with E-state index in [4.69, 9.17) is 0 Å². The molecule has 22 heavy (non-hydrogen) atoms. The maximum atomic E-state index is 12.0. The van der Waals surface area contributed by atoms with Crippen LogP contribution in [-0.2, 0) is 4.79 Å². The van der Waals surface area contributed by atoms with Gasteiger partial charge < -0.3 is 10.1 Å². The summed E-state index contributed by atoms with van der Waals surface area (Å²) in [7, 11) is 0. The standard InChI is InChI=1S/C15H12F3NO2S/c1-10-2-7-13(22-10)8-9-14(20)19-11-3-5-12(6-4-11)21-15(16,17)18/h2-9H,1H3,(H,19,20)/b9-8+. The van der Waals surface area contributed by atoms with E-state index in [1.165, 1.54) is 18.2 Å². The molecule has 0 aliphatic rings. The number of amides is 1. The Labute approximate surface area is 129 Å². The van der Waals surface area contributed by atoms with Gasteiger partial charge in [0.05, 0.1) is 0 Å². The van der Waals surface area contributed by atoms with E-state index in [2.05, 4.69) is 10.1 Å². The number of hydrogen-bond donors (Lipinski definition) is 1. The lowest BCUT2D eigenvalue weighted by Crippen LogP contribution is -2.17. The number of halogens is 3. The Morgan fingerprint density at radius 1 is 1.18 bits per heavy atom. The number of carbonyl (C=O) groups excluding carboxylic acids is 1. The third kappa shape index (κ3) is 5.25. The summed E-state index contributed by atoms with van der Waals surface area (Å²) >= 11 is 1.55. The molecule has 0 spiro atoms. The van der Waals surface area contributed by atoms with Gasteiger partial charge in [-0.25, -0.2) is 0 Å². The molecule has 0 aliphatic carbocycles. The summed E-state index contributed by atoms with van der Waals surface area (Å²) in [6.45, 7) is 1.96. The van der Waals surface area contributed by atoms with Crippen LogP contribution in [0.15, 0.2) is 42.5 Å². The number of hydrogen-bond acceptors (Lipinski definition) is 3. The molecular weight excluding hydrogens is 315 g/mol. The van der Waals surface area contributed by atoms with Gasteiger partial charge >= 0.3 is 6.36 Å². The van der Waals surface area contributed by atoms with Gasteiger partial charge in [0.1, 0.15) is 5.75 Å². The smallest absolute Gasteiger partial charge is 0.406 e. The van der Waals surface area contributed by atoms with Crippen LogP contribution in [-0.4, -0.2) is 12.3 Å². The van der Waals surface area contributed by atoms with Gasteiger partial charge in [-0.1, -0.05) is 0 Å². The molecule has 0 fully saturated rings. The second-order valence-electron chi connectivity index (χ2n) is 4.34. The fourth-order valence-corrected chi connectivity index (χ4v) is 2.40. The molecule has 2 rings (SSSR count). The van der Waals surface area contributed by atoms with Gasteiger partial charge in [0.15, 0.2) is 0 Å². The highest BCUT2D eigenvalue weighted by atomic mass is 32.1. The third-order valence-corrected chi connectivity index (χ3v) is 3.48. The molecule has 1 N–H and O–H groups in total. The van der Waals surface area contributed by atoms with Crippen molar-refractivity contribution in [3.05, 3.63) is 52.2 Å². The molecule has 1 amide bonds. The van der Waals surface area contributed by atoms with Crippen molar-refractivity contribution < 1.29 is 22.7 Å². The van der Waals surface area contributed by atoms with Crippen molar-refractivity contribution >= 4 is 29.0 Å². The van der Waals surface area contributed by atoms with Gasteiger partial charge in [0, 0.05) is 21.5 Å². The SMILES string of the molecule is Cc1ccc(/C=C/C(=O)Nc2ccc(OC(F)(F)F)cc2)s1. The number of anilines is 1. The van der Waals surface area contributed by atoms with Crippen LogP contribution < -0.4 is 10.1 Å². The Morgan fingerprint density at radius 2 is 1.86 bits per heavy atom. The molecule has 0 radical (unpaired) electrons. The minimum Gasteiger partial charge on any atom is -0.406 e. The minimum atomic E-state index is -4.73. The van der Waals surface area contributed by atoms with Gasteiger partial charge in [-0.15, -0.1) is 24.5 Å². The van der Waals surface area contributed by atoms with E-state index in [9.17, 15) is 18.0 Å². The molecule has 0 unspecified atom stereocenters. The monoisotopic (exact) mass is 327 g/mol. The molecule has 0 atom stereocenters. The fraction of sp³-hybridized carbons (Fsp3) is 0.133. The number of thiophene rings is 1. The van der Waals surface area contributed by atoms with Gasteiger partial charge in [-0.3, -0.25) is 4.79 Å². The molecule has 1 aromatic heterocycles. The number of carbonyl (C=O) groups is 1. The Kier molecular flexibility index (Phi) is 4.87. The van der Waals surface area contributed by atoms with Crippen molar-refractivity contribution in [2.75, 3.05) is 5.32 Å². The van der Waals surface area contributed by atoms with Crippen LogP contribution in [0.3, 0.4) is 0 Å². The Hall–Kier alpha value is -2.28. The summed E-state index contributed by atoms with van der Waals surface area (Å²) in [6, 6.07) is 8.78. The summed E-state index contributed by atoms with van der Waals surface area (Å²) in [6.07, 6.45) is -1.69. The Morgan fingerprint density at radius 3 is 2.41 bits per heavy atom. The average Bonchev–Trinajstić information content (AvgIpc) is 2.83. The lowest BCUT2D eigenvalue weighted by molar-refractivity contribution is -0.274. The zero-order valence-electron chi connectivity index (χ0n) is 11.5. The first kappa shape index (κ1) is 16.1. The van der Waals surface area contributed by atoms with E-state index in [-0.39, 0.29) is 11.7 Å². The summed E-state index contributed by atoms with van der Waals surface area (Å²) in [4.78, 5) is 13.8. The topological polar surface area (TPSA) is 38.3 Å². The quantitative estimate of drug-likeness (QED) is 0.833. The zero-order valence-corrected chi connectivity index (χ0v) is 12.3. The van der Waals surface area contributed by atoms with E-state index >= 15 is 0 Å². The minimum absolute atomic E-state index is 0.338. The van der Waals surface area contributed by atoms with Crippen LogP contribution in [0.1, 0.15) is 9.75 Å². The molecule has 3 nitrogen and oxygen atoms in total. The predicted molar refractivity (Wildman–Crippen MR) is 79.8 cm³/mol. The second kappa shape index (κ2) is 6.65. The second-order valence-corrected chi connectivity index (χ2v) is 5.66. The third-order valence-electron chi connectivity index (χ3n) is 2.52. The number of aryl methyl sites for hydroxylation is 1. The first-order chi connectivity index (χ1) is 10.3. The molecule has 1 aromatic carbocycles. The highest BCUT2D eigenvalue weighted by Gasteiger charge is 2.30. The van der Waals surface area contributed by atoms with E-state index in [0.29, 0.717) is 5.69 Å². The Bertz CT molecular complexity index is 675. The van der Waals surface area contributed by atoms with Crippen molar-refractivity contribution in [3.8, 4) is 5.75 Å². The largest absolute Gasteiger partial charge is 0.573 e. The molecular formula is C15H12F3NO2S. The van der Waals surface area contributed by atoms with Gasteiger partial charge in [0.2, 0.25) is 5.91 Å². The number of ether oxygens (including phenoxy) is 1. The first-order valence-corrected chi connectivity index (χ1v) is 7.05. The van der Waals surface area contributed by atoms with Crippen molar-refractivity contribution in [2.45, 2.75) is 13.3 Å². The Balaban J connectivity index is 1.93. The molecule has 2 aromatic rings. The summed E-state index contributed by atoms with van der Waals surface area (Å²) in [5.74, 6) is -0.703. The molecule has 116 valence electrons. The average molecular weight is 327 g/mol. The van der Waals surface area contributed by atoms with E-state index in [0.717, 1.165) is 21.9 Å². The molecule has 0 saturated heterocycles. The maximum absolute atomic E-state index is 12.0. The molecule has 1 heterocycles. The predicted octanol–water partition coefficient (Wildman–Crippen LogP) is 4.61. The van der Waals surface area contributed by atoms with Crippen molar-refractivity contribution in [1.82, 2.24) is 0 Å². The number of benzene rings is 1. The van der Waals surface area contributed by atoms with Crippen LogP contribution in [0.25, 0.3) is 6.08 Å². The highest BCUT2D eigenvalue weighted by Crippen LogP contribution is 2.24. The number of alkyl halides is 3. The first-order valence-electron chi connectivity index (χ1n) is 6.23. The molecule has 0 bridgehead atoms. The summed E-state index contributed by atoms with van der Waals surface area (Å²) in [5.41, 5.74) is 0.381. The number of nitrogens with one attached hydrogen (secondary N) is 1. The number of rotatable bonds is 4. The van der Waals surface area contributed by atoms with E-state index in [1.807, 2.05) is 19.1 Å². The summed E-state index contributed by atoms with van der Waals surface area (Å²) < 4.78 is 39.8. The van der Waals surface area contributed by atoms with Crippen LogP contribution in [0.2, 0.25) is 0 Å². The van der Waals surface area contributed by atoms with Crippen LogP contribution in [0, 0.1) is 6.92 Å². The van der Waals surface area contributed by atoms with Crippen molar-refractivity contribution in [3.63, 3.8) is 0 Å². The molecule has 7 heteroatoms. The zero-order chi connectivity index (χ0) is 16.2. The lowest BCUT2D eigenvalue weighted by atomic mass is 10.3. The lowest BCUT2D eigenvalue weighted by Gasteiger charge is -2.09. The molecule has 0 saturated carbocycles. The van der Waals surface area contributed by atoms with Crippen molar-refractivity contribution in [1.29, 1.82) is 0 Å². The molecule has 0 aliphatic heterocycles. The van der Waals surface area contributed by atoms with E-state index < -0.39 is 6.36 Å². The van der Waals surface area contributed by atoms with Crippen molar-refractivity contribution in [2.24, 2.45) is 0 Å². The fourth-order valence-electron chi connectivity index (χ4n) is 1.62. The highest BCUT2D eigenvalue weighted by molar-refractivity contribution is 7.12. The van der Waals surface area contributed by atoms with Gasteiger partial charge in [0.25, 0.3) is 0 Å². The van der Waals surface area contributed by atoms with Gasteiger partial charge in [-0.05, 0) is 49.4 Å². The normalized spacial score (nSPS) is 11.6. The van der Waals surface area contributed by atoms with E-state index in [1.54, 1.807) is 17.4 Å².